The Hall–Kier alpha value is -3.05. The van der Waals surface area contributed by atoms with E-state index >= 15 is 0 Å². The van der Waals surface area contributed by atoms with Crippen LogP contribution in [0.1, 0.15) is 48.1 Å². The third-order valence-corrected chi connectivity index (χ3v) is 6.08. The van der Waals surface area contributed by atoms with Gasteiger partial charge in [-0.3, -0.25) is 4.79 Å². The van der Waals surface area contributed by atoms with Gasteiger partial charge >= 0.3 is 12.4 Å². The van der Waals surface area contributed by atoms with E-state index in [-0.39, 0.29) is 36.1 Å². The van der Waals surface area contributed by atoms with Crippen LogP contribution in [0.3, 0.4) is 0 Å². The van der Waals surface area contributed by atoms with Gasteiger partial charge in [0, 0.05) is 44.4 Å². The van der Waals surface area contributed by atoms with Crippen LogP contribution in [0.4, 0.5) is 38.1 Å². The van der Waals surface area contributed by atoms with E-state index in [4.69, 9.17) is 5.73 Å². The van der Waals surface area contributed by atoms with Crippen LogP contribution >= 0.6 is 0 Å². The summed E-state index contributed by atoms with van der Waals surface area (Å²) >= 11 is 0. The van der Waals surface area contributed by atoms with Crippen molar-refractivity contribution in [2.75, 3.05) is 23.9 Å². The zero-order valence-corrected chi connectivity index (χ0v) is 19.5. The van der Waals surface area contributed by atoms with Crippen LogP contribution in [0.15, 0.2) is 24.3 Å². The lowest BCUT2D eigenvalue weighted by Gasteiger charge is -2.37. The SMILES string of the molecule is Cc1cc(N(C)C)nc(N(Cc2cc(C(F)(F)F)cc(C(F)(F)F)c2)C2CCC(C(N)=O)CC2)n1. The second kappa shape index (κ2) is 9.90. The summed E-state index contributed by atoms with van der Waals surface area (Å²) in [5, 5.41) is 0. The molecular weight excluding hydrogens is 476 g/mol. The number of anilines is 2. The van der Waals surface area contributed by atoms with Crippen LogP contribution < -0.4 is 15.5 Å². The second-order valence-corrected chi connectivity index (χ2v) is 9.01. The molecule has 1 heterocycles. The molecule has 1 fully saturated rings. The minimum atomic E-state index is -4.95. The maximum Gasteiger partial charge on any atom is 0.416 e. The largest absolute Gasteiger partial charge is 0.416 e. The number of nitrogens with two attached hydrogens (primary N) is 1. The molecule has 0 atom stereocenters. The summed E-state index contributed by atoms with van der Waals surface area (Å²) in [6.45, 7) is 1.46. The predicted molar refractivity (Wildman–Crippen MR) is 119 cm³/mol. The molecule has 2 aromatic rings. The van der Waals surface area contributed by atoms with Gasteiger partial charge in [0.05, 0.1) is 11.1 Å². The number of nitrogens with zero attached hydrogens (tertiary/aromatic N) is 4. The van der Waals surface area contributed by atoms with Crippen molar-refractivity contribution in [1.82, 2.24) is 9.97 Å². The molecule has 0 saturated heterocycles. The highest BCUT2D eigenvalue weighted by atomic mass is 19.4. The third-order valence-electron chi connectivity index (χ3n) is 6.08. The highest BCUT2D eigenvalue weighted by Gasteiger charge is 2.37. The van der Waals surface area contributed by atoms with Gasteiger partial charge in [0.15, 0.2) is 0 Å². The summed E-state index contributed by atoms with van der Waals surface area (Å²) in [4.78, 5) is 23.9. The molecule has 1 aliphatic carbocycles. The summed E-state index contributed by atoms with van der Waals surface area (Å²) in [5.41, 5.74) is 3.09. The van der Waals surface area contributed by atoms with Gasteiger partial charge < -0.3 is 15.5 Å². The fourth-order valence-corrected chi connectivity index (χ4v) is 4.24. The molecule has 0 spiro atoms. The molecule has 1 amide bonds. The molecule has 0 radical (unpaired) electrons. The van der Waals surface area contributed by atoms with E-state index in [0.717, 1.165) is 12.1 Å². The molecule has 2 N–H and O–H groups in total. The predicted octanol–water partition coefficient (Wildman–Crippen LogP) is 4.94. The number of rotatable bonds is 6. The lowest BCUT2D eigenvalue weighted by Crippen LogP contribution is -2.41. The summed E-state index contributed by atoms with van der Waals surface area (Å²) in [6, 6.07) is 2.97. The number of carbonyl (C=O) groups is 1. The number of aromatic nitrogens is 2. The summed E-state index contributed by atoms with van der Waals surface area (Å²) in [5.74, 6) is -0.0100. The number of alkyl halides is 6. The van der Waals surface area contributed by atoms with Crippen LogP contribution in [0.2, 0.25) is 0 Å². The number of halogens is 6. The number of hydrogen-bond donors (Lipinski definition) is 1. The minimum Gasteiger partial charge on any atom is -0.369 e. The average Bonchev–Trinajstić information content (AvgIpc) is 2.75. The van der Waals surface area contributed by atoms with Gasteiger partial charge in [-0.05, 0) is 56.4 Å². The van der Waals surface area contributed by atoms with Crippen LogP contribution in [-0.2, 0) is 23.7 Å². The molecule has 0 unspecified atom stereocenters. The molecule has 35 heavy (non-hydrogen) atoms. The molecule has 12 heteroatoms. The molecule has 192 valence electrons. The Kier molecular flexibility index (Phi) is 7.51. The van der Waals surface area contributed by atoms with Gasteiger partial charge in [0.1, 0.15) is 5.82 Å². The van der Waals surface area contributed by atoms with E-state index in [2.05, 4.69) is 9.97 Å². The average molecular weight is 503 g/mol. The second-order valence-electron chi connectivity index (χ2n) is 9.01. The maximum atomic E-state index is 13.4. The molecule has 1 saturated carbocycles. The van der Waals surface area contributed by atoms with Crippen LogP contribution in [0.25, 0.3) is 0 Å². The molecule has 3 rings (SSSR count). The number of amides is 1. The molecule has 1 aromatic heterocycles. The fraction of sp³-hybridized carbons (Fsp3) is 0.522. The summed E-state index contributed by atoms with van der Waals surface area (Å²) in [7, 11) is 3.52. The third kappa shape index (κ3) is 6.55. The normalized spacial score (nSPS) is 18.9. The fourth-order valence-electron chi connectivity index (χ4n) is 4.24. The maximum absolute atomic E-state index is 13.4. The molecular formula is C23H27F6N5O. The van der Waals surface area contributed by atoms with Gasteiger partial charge in [-0.15, -0.1) is 0 Å². The highest BCUT2D eigenvalue weighted by molar-refractivity contribution is 5.76. The first kappa shape index (κ1) is 26.6. The minimum absolute atomic E-state index is 0.110. The quantitative estimate of drug-likeness (QED) is 0.566. The van der Waals surface area contributed by atoms with Crippen molar-refractivity contribution in [3.8, 4) is 0 Å². The smallest absolute Gasteiger partial charge is 0.369 e. The van der Waals surface area contributed by atoms with E-state index < -0.39 is 29.4 Å². The first-order chi connectivity index (χ1) is 16.1. The topological polar surface area (TPSA) is 75.3 Å². The van der Waals surface area contributed by atoms with E-state index in [1.807, 2.05) is 0 Å². The summed E-state index contributed by atoms with van der Waals surface area (Å²) in [6.07, 6.45) is -8.05. The Morgan fingerprint density at radius 1 is 0.943 bits per heavy atom. The Labute approximate surface area is 199 Å². The monoisotopic (exact) mass is 503 g/mol. The van der Waals surface area contributed by atoms with Crippen molar-refractivity contribution < 1.29 is 31.1 Å². The number of aryl methyl sites for hydroxylation is 1. The zero-order chi connectivity index (χ0) is 26.1. The van der Waals surface area contributed by atoms with Crippen molar-refractivity contribution in [3.05, 3.63) is 46.6 Å². The van der Waals surface area contributed by atoms with Crippen molar-refractivity contribution in [1.29, 1.82) is 0 Å². The van der Waals surface area contributed by atoms with Crippen LogP contribution in [0, 0.1) is 12.8 Å². The van der Waals surface area contributed by atoms with Gasteiger partial charge in [-0.2, -0.15) is 31.3 Å². The number of primary amides is 1. The van der Waals surface area contributed by atoms with E-state index in [1.165, 1.54) is 0 Å². The van der Waals surface area contributed by atoms with Crippen molar-refractivity contribution >= 4 is 17.7 Å². The van der Waals surface area contributed by atoms with E-state index in [9.17, 15) is 31.1 Å². The zero-order valence-electron chi connectivity index (χ0n) is 19.5. The van der Waals surface area contributed by atoms with E-state index in [1.54, 1.807) is 36.9 Å². The molecule has 0 bridgehead atoms. The first-order valence-electron chi connectivity index (χ1n) is 11.0. The first-order valence-corrected chi connectivity index (χ1v) is 11.0. The lowest BCUT2D eigenvalue weighted by molar-refractivity contribution is -0.143. The van der Waals surface area contributed by atoms with Gasteiger partial charge in [0.2, 0.25) is 11.9 Å². The van der Waals surface area contributed by atoms with Crippen molar-refractivity contribution in [2.45, 2.75) is 57.5 Å². The lowest BCUT2D eigenvalue weighted by atomic mass is 9.85. The number of carbonyl (C=O) groups excluding carboxylic acids is 1. The van der Waals surface area contributed by atoms with Crippen LogP contribution in [0.5, 0.6) is 0 Å². The van der Waals surface area contributed by atoms with Crippen LogP contribution in [-0.4, -0.2) is 36.0 Å². The Bertz CT molecular complexity index is 1030. The van der Waals surface area contributed by atoms with Gasteiger partial charge in [-0.25, -0.2) is 4.98 Å². The Morgan fingerprint density at radius 3 is 1.94 bits per heavy atom. The molecule has 1 aromatic carbocycles. The van der Waals surface area contributed by atoms with Gasteiger partial charge in [0.25, 0.3) is 0 Å². The van der Waals surface area contributed by atoms with Crippen molar-refractivity contribution in [3.63, 3.8) is 0 Å². The Morgan fingerprint density at radius 2 is 1.49 bits per heavy atom. The Balaban J connectivity index is 2.06. The van der Waals surface area contributed by atoms with E-state index in [0.29, 0.717) is 37.2 Å². The molecule has 6 nitrogen and oxygen atoms in total. The van der Waals surface area contributed by atoms with Gasteiger partial charge in [-0.1, -0.05) is 0 Å². The standard InChI is InChI=1S/C23H27F6N5O/c1-13-8-19(33(2)3)32-21(31-13)34(18-6-4-15(5-7-18)20(30)35)12-14-9-16(22(24,25)26)11-17(10-14)23(27,28)29/h8-11,15,18H,4-7,12H2,1-3H3,(H2,30,35). The van der Waals surface area contributed by atoms with Crippen molar-refractivity contribution in [2.24, 2.45) is 11.7 Å². The number of benzene rings is 1. The number of hydrogen-bond acceptors (Lipinski definition) is 5. The summed E-state index contributed by atoms with van der Waals surface area (Å²) < 4.78 is 80.5. The molecule has 1 aliphatic rings. The highest BCUT2D eigenvalue weighted by Crippen LogP contribution is 2.38. The molecule has 0 aliphatic heterocycles.